The molecule has 0 aliphatic carbocycles. The number of carbonyl (C=O) groups is 1. The Morgan fingerprint density at radius 3 is 2.48 bits per heavy atom. The lowest BCUT2D eigenvalue weighted by atomic mass is 9.98. The highest BCUT2D eigenvalue weighted by molar-refractivity contribution is 6.16. The second kappa shape index (κ2) is 6.91. The summed E-state index contributed by atoms with van der Waals surface area (Å²) in [5, 5.41) is 0. The average Bonchev–Trinajstić information content (AvgIpc) is 3.41. The first-order valence-electron chi connectivity index (χ1n) is 9.21. The van der Waals surface area contributed by atoms with Crippen molar-refractivity contribution in [3.05, 3.63) is 89.2 Å². The number of hydrogen-bond acceptors (Lipinski definition) is 5. The molecule has 142 valence electrons. The lowest BCUT2D eigenvalue weighted by molar-refractivity contribution is 0.100. The third kappa shape index (κ3) is 3.14. The fourth-order valence-corrected chi connectivity index (χ4v) is 3.52. The summed E-state index contributed by atoms with van der Waals surface area (Å²) in [4.78, 5) is 20.8. The van der Waals surface area contributed by atoms with Crippen LogP contribution in [0.3, 0.4) is 0 Å². The molecule has 1 amide bonds. The molecule has 0 saturated heterocycles. The summed E-state index contributed by atoms with van der Waals surface area (Å²) in [6.45, 7) is 0.228. The van der Waals surface area contributed by atoms with Gasteiger partial charge in [-0.1, -0.05) is 18.2 Å². The van der Waals surface area contributed by atoms with Gasteiger partial charge in [-0.25, -0.2) is 0 Å². The van der Waals surface area contributed by atoms with Gasteiger partial charge in [0.25, 0.3) is 0 Å². The van der Waals surface area contributed by atoms with Crippen molar-refractivity contribution >= 4 is 22.9 Å². The number of primary amides is 1. The van der Waals surface area contributed by atoms with E-state index in [1.165, 1.54) is 0 Å². The molecule has 3 aromatic rings. The van der Waals surface area contributed by atoms with Crippen LogP contribution in [0.2, 0.25) is 0 Å². The lowest BCUT2D eigenvalue weighted by Crippen LogP contribution is -2.11. The quantitative estimate of drug-likeness (QED) is 0.745. The first-order chi connectivity index (χ1) is 14.2. The summed E-state index contributed by atoms with van der Waals surface area (Å²) in [7, 11) is 0. The molecule has 0 radical (unpaired) electrons. The standard InChI is InChI=1S/C23H17N3O3/c24-23(27)15-6-4-14(5-7-15)19-12-17(18-3-1-2-10-25-18)22(26-19)16-8-9-20-21(11-16)29-13-28-20/h1-11H,12-13H2,(H2,24,27). The van der Waals surface area contributed by atoms with Crippen LogP contribution in [0.4, 0.5) is 0 Å². The Bertz CT molecular complexity index is 1170. The van der Waals surface area contributed by atoms with Crippen molar-refractivity contribution in [2.24, 2.45) is 10.7 Å². The third-order valence-electron chi connectivity index (χ3n) is 5.00. The normalized spacial score (nSPS) is 14.8. The number of carbonyl (C=O) groups excluding carboxylic acids is 1. The summed E-state index contributed by atoms with van der Waals surface area (Å²) in [5.41, 5.74) is 11.4. The minimum atomic E-state index is -0.446. The maximum atomic E-state index is 11.4. The SMILES string of the molecule is NC(=O)c1ccc(C2=NC(c3ccc4c(c3)OCO4)=C(c3ccccn3)C2)cc1. The number of nitrogens with two attached hydrogens (primary N) is 1. The van der Waals surface area contributed by atoms with E-state index in [9.17, 15) is 4.79 Å². The molecule has 2 aliphatic rings. The molecule has 1 aromatic heterocycles. The molecule has 0 spiro atoms. The first-order valence-corrected chi connectivity index (χ1v) is 9.21. The zero-order valence-corrected chi connectivity index (χ0v) is 15.5. The van der Waals surface area contributed by atoms with Crippen molar-refractivity contribution < 1.29 is 14.3 Å². The van der Waals surface area contributed by atoms with Gasteiger partial charge in [0, 0.05) is 29.3 Å². The first kappa shape index (κ1) is 17.2. The van der Waals surface area contributed by atoms with E-state index in [1.54, 1.807) is 18.3 Å². The van der Waals surface area contributed by atoms with Crippen LogP contribution in [-0.4, -0.2) is 23.4 Å². The summed E-state index contributed by atoms with van der Waals surface area (Å²) in [6.07, 6.45) is 2.41. The van der Waals surface area contributed by atoms with E-state index in [-0.39, 0.29) is 6.79 Å². The van der Waals surface area contributed by atoms with Crippen LogP contribution >= 0.6 is 0 Å². The van der Waals surface area contributed by atoms with Crippen LogP contribution in [0.5, 0.6) is 11.5 Å². The number of aromatic nitrogens is 1. The summed E-state index contributed by atoms with van der Waals surface area (Å²) < 4.78 is 11.0. The van der Waals surface area contributed by atoms with Crippen LogP contribution in [0.1, 0.15) is 33.6 Å². The predicted octanol–water partition coefficient (Wildman–Crippen LogP) is 3.67. The smallest absolute Gasteiger partial charge is 0.248 e. The van der Waals surface area contributed by atoms with E-state index in [1.807, 2.05) is 48.5 Å². The van der Waals surface area contributed by atoms with Crippen molar-refractivity contribution in [3.63, 3.8) is 0 Å². The van der Waals surface area contributed by atoms with Gasteiger partial charge in [-0.05, 0) is 48.0 Å². The Hall–Kier alpha value is -3.93. The Morgan fingerprint density at radius 2 is 1.72 bits per heavy atom. The van der Waals surface area contributed by atoms with Gasteiger partial charge in [0.2, 0.25) is 12.7 Å². The van der Waals surface area contributed by atoms with Gasteiger partial charge in [0.15, 0.2) is 11.5 Å². The number of hydrogen-bond donors (Lipinski definition) is 1. The van der Waals surface area contributed by atoms with Gasteiger partial charge >= 0.3 is 0 Å². The molecule has 5 rings (SSSR count). The molecule has 6 heteroatoms. The van der Waals surface area contributed by atoms with Gasteiger partial charge in [-0.15, -0.1) is 0 Å². The Balaban J connectivity index is 1.58. The topological polar surface area (TPSA) is 86.8 Å². The number of pyridine rings is 1. The van der Waals surface area contributed by atoms with Gasteiger partial charge in [0.1, 0.15) is 0 Å². The van der Waals surface area contributed by atoms with Crippen LogP contribution in [0.15, 0.2) is 71.9 Å². The van der Waals surface area contributed by atoms with E-state index in [0.29, 0.717) is 17.7 Å². The Morgan fingerprint density at radius 1 is 0.931 bits per heavy atom. The summed E-state index contributed by atoms with van der Waals surface area (Å²) in [5.74, 6) is 1.00. The second-order valence-electron chi connectivity index (χ2n) is 6.79. The van der Waals surface area contributed by atoms with Crippen molar-refractivity contribution in [2.75, 3.05) is 6.79 Å². The zero-order chi connectivity index (χ0) is 19.8. The molecule has 3 heterocycles. The van der Waals surface area contributed by atoms with E-state index in [2.05, 4.69) is 4.98 Å². The molecule has 2 N–H and O–H groups in total. The number of fused-ring (bicyclic) bond motifs is 1. The monoisotopic (exact) mass is 383 g/mol. The molecule has 0 bridgehead atoms. The lowest BCUT2D eigenvalue weighted by Gasteiger charge is -2.06. The van der Waals surface area contributed by atoms with E-state index < -0.39 is 5.91 Å². The van der Waals surface area contributed by atoms with Gasteiger partial charge in [-0.3, -0.25) is 14.8 Å². The van der Waals surface area contributed by atoms with Gasteiger partial charge in [0.05, 0.1) is 17.1 Å². The average molecular weight is 383 g/mol. The molecule has 0 unspecified atom stereocenters. The zero-order valence-electron chi connectivity index (χ0n) is 15.5. The molecular formula is C23H17N3O3. The minimum absolute atomic E-state index is 0.228. The molecule has 0 atom stereocenters. The fourth-order valence-electron chi connectivity index (χ4n) is 3.52. The summed E-state index contributed by atoms with van der Waals surface area (Å²) in [6, 6.07) is 18.9. The number of rotatable bonds is 4. The summed E-state index contributed by atoms with van der Waals surface area (Å²) >= 11 is 0. The number of ether oxygens (including phenoxy) is 2. The van der Waals surface area contributed by atoms with Crippen molar-refractivity contribution in [2.45, 2.75) is 6.42 Å². The van der Waals surface area contributed by atoms with Crippen molar-refractivity contribution in [3.8, 4) is 11.5 Å². The number of aliphatic imine (C=N–C) groups is 1. The highest BCUT2D eigenvalue weighted by Crippen LogP contribution is 2.40. The number of amides is 1. The van der Waals surface area contributed by atoms with Crippen molar-refractivity contribution in [1.82, 2.24) is 4.98 Å². The van der Waals surface area contributed by atoms with E-state index in [4.69, 9.17) is 20.2 Å². The molecular weight excluding hydrogens is 366 g/mol. The van der Waals surface area contributed by atoms with Crippen LogP contribution in [-0.2, 0) is 0 Å². The molecule has 0 saturated carbocycles. The van der Waals surface area contributed by atoms with Crippen LogP contribution in [0, 0.1) is 0 Å². The number of benzene rings is 2. The maximum absolute atomic E-state index is 11.4. The van der Waals surface area contributed by atoms with Gasteiger partial charge < -0.3 is 15.2 Å². The third-order valence-corrected chi connectivity index (χ3v) is 5.00. The molecule has 2 aliphatic heterocycles. The second-order valence-corrected chi connectivity index (χ2v) is 6.79. The van der Waals surface area contributed by atoms with Gasteiger partial charge in [-0.2, -0.15) is 0 Å². The van der Waals surface area contributed by atoms with E-state index >= 15 is 0 Å². The fraction of sp³-hybridized carbons (Fsp3) is 0.0870. The molecule has 2 aromatic carbocycles. The van der Waals surface area contributed by atoms with Crippen LogP contribution in [0.25, 0.3) is 11.3 Å². The molecule has 29 heavy (non-hydrogen) atoms. The highest BCUT2D eigenvalue weighted by Gasteiger charge is 2.24. The number of nitrogens with zero attached hydrogens (tertiary/aromatic N) is 2. The Kier molecular flexibility index (Phi) is 4.09. The van der Waals surface area contributed by atoms with Crippen molar-refractivity contribution in [1.29, 1.82) is 0 Å². The molecule has 0 fully saturated rings. The maximum Gasteiger partial charge on any atom is 0.248 e. The van der Waals surface area contributed by atoms with E-state index in [0.717, 1.165) is 39.6 Å². The minimum Gasteiger partial charge on any atom is -0.454 e. The number of allylic oxidation sites excluding steroid dienone is 1. The van der Waals surface area contributed by atoms with Crippen LogP contribution < -0.4 is 15.2 Å². The Labute approximate surface area is 167 Å². The largest absolute Gasteiger partial charge is 0.454 e. The highest BCUT2D eigenvalue weighted by atomic mass is 16.7. The predicted molar refractivity (Wildman–Crippen MR) is 110 cm³/mol. The molecule has 6 nitrogen and oxygen atoms in total.